The highest BCUT2D eigenvalue weighted by Gasteiger charge is 2.08. The summed E-state index contributed by atoms with van der Waals surface area (Å²) in [4.78, 5) is 8.71. The van der Waals surface area contributed by atoms with E-state index in [1.54, 1.807) is 6.07 Å². The number of halogens is 2. The first-order chi connectivity index (χ1) is 10.2. The van der Waals surface area contributed by atoms with Crippen LogP contribution in [0, 0.1) is 0 Å². The van der Waals surface area contributed by atoms with Crippen molar-refractivity contribution in [2.45, 2.75) is 19.8 Å². The zero-order chi connectivity index (χ0) is 15.1. The number of anilines is 2. The molecule has 1 heterocycles. The van der Waals surface area contributed by atoms with E-state index < -0.39 is 13.0 Å². The monoisotopic (exact) mass is 292 g/mol. The van der Waals surface area contributed by atoms with E-state index in [2.05, 4.69) is 20.6 Å². The van der Waals surface area contributed by atoms with Gasteiger partial charge in [-0.15, -0.1) is 0 Å². The lowest BCUT2D eigenvalue weighted by atomic mass is 10.2. The van der Waals surface area contributed by atoms with Crippen LogP contribution < -0.4 is 10.6 Å². The smallest absolute Gasteiger partial charge is 0.255 e. The number of rotatable bonds is 7. The van der Waals surface area contributed by atoms with Crippen molar-refractivity contribution in [3.8, 4) is 11.4 Å². The van der Waals surface area contributed by atoms with Gasteiger partial charge in [-0.05, 0) is 6.42 Å². The standard InChI is InChI=1S/C15H18F2N4/c1-2-8-18-13-9-14(19-10-12(16)17)21-15(20-13)11-6-4-3-5-7-11/h3-7,9,12H,2,8,10H2,1H3,(H2,18,19,20,21). The Hall–Kier alpha value is -2.24. The molecule has 0 fully saturated rings. The summed E-state index contributed by atoms with van der Waals surface area (Å²) in [6, 6.07) is 11.1. The van der Waals surface area contributed by atoms with Crippen LogP contribution >= 0.6 is 0 Å². The molecule has 0 unspecified atom stereocenters. The summed E-state index contributed by atoms with van der Waals surface area (Å²) in [6.45, 7) is 2.38. The van der Waals surface area contributed by atoms with Crippen molar-refractivity contribution in [1.29, 1.82) is 0 Å². The molecule has 0 radical (unpaired) electrons. The molecular weight excluding hydrogens is 274 g/mol. The minimum absolute atomic E-state index is 0.391. The van der Waals surface area contributed by atoms with Gasteiger partial charge in [0.1, 0.15) is 11.6 Å². The second-order valence-corrected chi connectivity index (χ2v) is 4.53. The Labute approximate surface area is 122 Å². The number of alkyl halides is 2. The van der Waals surface area contributed by atoms with Gasteiger partial charge in [0, 0.05) is 18.2 Å². The second-order valence-electron chi connectivity index (χ2n) is 4.53. The lowest BCUT2D eigenvalue weighted by Crippen LogP contribution is -2.13. The molecule has 2 aromatic rings. The first kappa shape index (κ1) is 15.2. The topological polar surface area (TPSA) is 49.8 Å². The highest BCUT2D eigenvalue weighted by molar-refractivity contribution is 5.61. The summed E-state index contributed by atoms with van der Waals surface area (Å²) < 4.78 is 24.7. The number of nitrogens with zero attached hydrogens (tertiary/aromatic N) is 2. The van der Waals surface area contributed by atoms with Gasteiger partial charge in [-0.25, -0.2) is 18.7 Å². The van der Waals surface area contributed by atoms with Crippen molar-refractivity contribution in [2.75, 3.05) is 23.7 Å². The zero-order valence-electron chi connectivity index (χ0n) is 11.8. The lowest BCUT2D eigenvalue weighted by molar-refractivity contribution is 0.163. The quantitative estimate of drug-likeness (QED) is 0.818. The average molecular weight is 292 g/mol. The molecule has 0 spiro atoms. The fraction of sp³-hybridized carbons (Fsp3) is 0.333. The van der Waals surface area contributed by atoms with Gasteiger partial charge in [0.25, 0.3) is 6.43 Å². The molecule has 0 aliphatic carbocycles. The third-order valence-electron chi connectivity index (χ3n) is 2.75. The molecule has 0 bridgehead atoms. The molecule has 1 aromatic carbocycles. The number of benzene rings is 1. The van der Waals surface area contributed by atoms with E-state index in [1.807, 2.05) is 37.3 Å². The second kappa shape index (κ2) is 7.52. The minimum atomic E-state index is -2.42. The zero-order valence-corrected chi connectivity index (χ0v) is 11.8. The van der Waals surface area contributed by atoms with Crippen molar-refractivity contribution in [2.24, 2.45) is 0 Å². The molecule has 0 atom stereocenters. The number of hydrogen-bond acceptors (Lipinski definition) is 4. The Morgan fingerprint density at radius 1 is 1.05 bits per heavy atom. The highest BCUT2D eigenvalue weighted by atomic mass is 19.3. The van der Waals surface area contributed by atoms with Crippen molar-refractivity contribution < 1.29 is 8.78 Å². The molecular formula is C15H18F2N4. The van der Waals surface area contributed by atoms with Crippen molar-refractivity contribution >= 4 is 11.6 Å². The van der Waals surface area contributed by atoms with Crippen LogP contribution in [-0.2, 0) is 0 Å². The molecule has 6 heteroatoms. The summed E-state index contributed by atoms with van der Waals surface area (Å²) in [5.74, 6) is 1.53. The predicted molar refractivity (Wildman–Crippen MR) is 80.7 cm³/mol. The molecule has 0 aliphatic rings. The normalized spacial score (nSPS) is 10.7. The van der Waals surface area contributed by atoms with Crippen LogP contribution in [-0.4, -0.2) is 29.5 Å². The predicted octanol–water partition coefficient (Wildman–Crippen LogP) is 3.64. The van der Waals surface area contributed by atoms with Crippen LogP contribution in [0.5, 0.6) is 0 Å². The molecule has 0 saturated carbocycles. The van der Waals surface area contributed by atoms with Gasteiger partial charge in [0.2, 0.25) is 0 Å². The van der Waals surface area contributed by atoms with Crippen LogP contribution in [0.1, 0.15) is 13.3 Å². The summed E-state index contributed by atoms with van der Waals surface area (Å²) >= 11 is 0. The Balaban J connectivity index is 2.28. The molecule has 0 aliphatic heterocycles. The van der Waals surface area contributed by atoms with Gasteiger partial charge >= 0.3 is 0 Å². The SMILES string of the molecule is CCCNc1cc(NCC(F)F)nc(-c2ccccc2)n1. The van der Waals surface area contributed by atoms with Crippen LogP contribution in [0.25, 0.3) is 11.4 Å². The fourth-order valence-corrected chi connectivity index (χ4v) is 1.78. The summed E-state index contributed by atoms with van der Waals surface area (Å²) in [5, 5.41) is 5.78. The Morgan fingerprint density at radius 2 is 1.71 bits per heavy atom. The van der Waals surface area contributed by atoms with E-state index in [9.17, 15) is 8.78 Å². The fourth-order valence-electron chi connectivity index (χ4n) is 1.78. The molecule has 0 amide bonds. The first-order valence-corrected chi connectivity index (χ1v) is 6.89. The molecule has 21 heavy (non-hydrogen) atoms. The van der Waals surface area contributed by atoms with Crippen molar-refractivity contribution in [1.82, 2.24) is 9.97 Å². The van der Waals surface area contributed by atoms with Crippen molar-refractivity contribution in [3.63, 3.8) is 0 Å². The summed E-state index contributed by atoms with van der Waals surface area (Å²) in [7, 11) is 0. The molecule has 2 rings (SSSR count). The third-order valence-corrected chi connectivity index (χ3v) is 2.75. The van der Waals surface area contributed by atoms with E-state index in [0.717, 1.165) is 18.5 Å². The maximum atomic E-state index is 12.3. The maximum absolute atomic E-state index is 12.3. The molecule has 1 aromatic heterocycles. The van der Waals surface area contributed by atoms with E-state index in [1.165, 1.54) is 0 Å². The number of aromatic nitrogens is 2. The van der Waals surface area contributed by atoms with E-state index in [4.69, 9.17) is 0 Å². The van der Waals surface area contributed by atoms with Gasteiger partial charge in [-0.3, -0.25) is 0 Å². The average Bonchev–Trinajstić information content (AvgIpc) is 2.51. The summed E-state index contributed by atoms with van der Waals surface area (Å²) in [6.07, 6.45) is -1.48. The Kier molecular flexibility index (Phi) is 5.43. The lowest BCUT2D eigenvalue weighted by Gasteiger charge is -2.11. The van der Waals surface area contributed by atoms with Crippen LogP contribution in [0.3, 0.4) is 0 Å². The first-order valence-electron chi connectivity index (χ1n) is 6.89. The molecule has 4 nitrogen and oxygen atoms in total. The minimum Gasteiger partial charge on any atom is -0.370 e. The Morgan fingerprint density at radius 3 is 2.33 bits per heavy atom. The Bertz CT molecular complexity index is 561. The van der Waals surface area contributed by atoms with Gasteiger partial charge in [0.15, 0.2) is 5.82 Å². The summed E-state index contributed by atoms with van der Waals surface area (Å²) in [5.41, 5.74) is 0.845. The van der Waals surface area contributed by atoms with E-state index in [0.29, 0.717) is 17.5 Å². The van der Waals surface area contributed by atoms with Crippen LogP contribution in [0.2, 0.25) is 0 Å². The molecule has 2 N–H and O–H groups in total. The van der Waals surface area contributed by atoms with Crippen LogP contribution in [0.4, 0.5) is 20.4 Å². The van der Waals surface area contributed by atoms with Gasteiger partial charge in [-0.2, -0.15) is 0 Å². The van der Waals surface area contributed by atoms with Crippen molar-refractivity contribution in [3.05, 3.63) is 36.4 Å². The number of nitrogens with one attached hydrogen (secondary N) is 2. The largest absolute Gasteiger partial charge is 0.370 e. The van der Waals surface area contributed by atoms with E-state index in [-0.39, 0.29) is 0 Å². The molecule has 112 valence electrons. The third kappa shape index (κ3) is 4.66. The van der Waals surface area contributed by atoms with Gasteiger partial charge in [0.05, 0.1) is 6.54 Å². The van der Waals surface area contributed by atoms with Gasteiger partial charge in [-0.1, -0.05) is 37.3 Å². The molecule has 0 saturated heterocycles. The van der Waals surface area contributed by atoms with Gasteiger partial charge < -0.3 is 10.6 Å². The highest BCUT2D eigenvalue weighted by Crippen LogP contribution is 2.20. The van der Waals surface area contributed by atoms with Crippen LogP contribution in [0.15, 0.2) is 36.4 Å². The maximum Gasteiger partial charge on any atom is 0.255 e. The number of hydrogen-bond donors (Lipinski definition) is 2. The van der Waals surface area contributed by atoms with E-state index >= 15 is 0 Å².